The lowest BCUT2D eigenvalue weighted by Gasteiger charge is -2.29. The lowest BCUT2D eigenvalue weighted by molar-refractivity contribution is -0.115. The topological polar surface area (TPSA) is 96.0 Å². The molecule has 0 aliphatic carbocycles. The van der Waals surface area contributed by atoms with E-state index in [9.17, 15) is 14.9 Å². The first-order valence-electron chi connectivity index (χ1n) is 7.15. The summed E-state index contributed by atoms with van der Waals surface area (Å²) in [6, 6.07) is 9.27. The van der Waals surface area contributed by atoms with Crippen LogP contribution < -0.4 is 11.1 Å². The number of amides is 1. The number of nitrogens with one attached hydrogen (secondary N) is 1. The fourth-order valence-corrected chi connectivity index (χ4v) is 3.73. The van der Waals surface area contributed by atoms with Gasteiger partial charge < -0.3 is 11.1 Å². The third kappa shape index (κ3) is 3.64. The second-order valence-electron chi connectivity index (χ2n) is 5.28. The van der Waals surface area contributed by atoms with Crippen molar-refractivity contribution in [3.63, 3.8) is 0 Å². The zero-order valence-corrected chi connectivity index (χ0v) is 14.8. The van der Waals surface area contributed by atoms with E-state index in [2.05, 4.69) is 11.4 Å². The number of ketones is 1. The lowest BCUT2D eigenvalue weighted by Crippen LogP contribution is -2.28. The van der Waals surface area contributed by atoms with Crippen LogP contribution in [0.25, 0.3) is 0 Å². The summed E-state index contributed by atoms with van der Waals surface area (Å²) in [5.74, 6) is -1.17. The molecular formula is C17H16ClN3O2S. The minimum absolute atomic E-state index is 0.0332. The Kier molecular flexibility index (Phi) is 5.71. The molecule has 0 fully saturated rings. The number of Topliss-reactive ketones (excluding diaryl/α,β-unsaturated/α-hetero) is 1. The quantitative estimate of drug-likeness (QED) is 0.840. The number of benzene rings is 1. The molecule has 0 saturated heterocycles. The predicted octanol–water partition coefficient (Wildman–Crippen LogP) is 2.84. The van der Waals surface area contributed by atoms with Gasteiger partial charge in [0.2, 0.25) is 5.91 Å². The average molecular weight is 362 g/mol. The molecule has 0 bridgehead atoms. The number of primary amides is 1. The van der Waals surface area contributed by atoms with Gasteiger partial charge in [-0.1, -0.05) is 41.6 Å². The maximum absolute atomic E-state index is 12.2. The van der Waals surface area contributed by atoms with Crippen molar-refractivity contribution < 1.29 is 9.59 Å². The Hall–Kier alpha value is -2.23. The minimum Gasteiger partial charge on any atom is -0.369 e. The Morgan fingerprint density at radius 1 is 1.42 bits per heavy atom. The van der Waals surface area contributed by atoms with Gasteiger partial charge in [0.25, 0.3) is 0 Å². The van der Waals surface area contributed by atoms with E-state index < -0.39 is 11.8 Å². The van der Waals surface area contributed by atoms with Crippen LogP contribution in [0.1, 0.15) is 25.3 Å². The smallest absolute Gasteiger partial charge is 0.227 e. The van der Waals surface area contributed by atoms with Crippen molar-refractivity contribution in [3.05, 3.63) is 56.7 Å². The number of halogens is 1. The molecule has 1 aromatic rings. The van der Waals surface area contributed by atoms with Gasteiger partial charge in [-0.3, -0.25) is 9.59 Å². The number of nitrogens with two attached hydrogens (primary N) is 1. The maximum atomic E-state index is 12.2. The largest absolute Gasteiger partial charge is 0.369 e. The molecule has 1 aliphatic rings. The number of nitriles is 1. The van der Waals surface area contributed by atoms with Crippen LogP contribution in [0, 0.1) is 11.3 Å². The standard InChI is InChI=1S/C17H16ClN3O2S/c1-9-15(10(2)22)16(11-5-3-4-6-13(11)18)12(7-19)17(21-9)24-8-14(20)23/h3-6,16,21H,8H2,1-2H3,(H2,20,23). The molecule has 0 saturated carbocycles. The van der Waals surface area contributed by atoms with Gasteiger partial charge in [-0.25, -0.2) is 0 Å². The Morgan fingerprint density at radius 3 is 2.62 bits per heavy atom. The Bertz CT molecular complexity index is 808. The fourth-order valence-electron chi connectivity index (χ4n) is 2.66. The van der Waals surface area contributed by atoms with Crippen LogP contribution in [0.4, 0.5) is 0 Å². The molecule has 3 N–H and O–H groups in total. The summed E-state index contributed by atoms with van der Waals surface area (Å²) in [6.07, 6.45) is 0. The maximum Gasteiger partial charge on any atom is 0.227 e. The molecule has 1 heterocycles. The average Bonchev–Trinajstić information content (AvgIpc) is 2.52. The molecule has 1 aliphatic heterocycles. The van der Waals surface area contributed by atoms with Crippen LogP contribution >= 0.6 is 23.4 Å². The number of nitrogens with zero attached hydrogens (tertiary/aromatic N) is 1. The summed E-state index contributed by atoms with van der Waals surface area (Å²) in [5.41, 5.74) is 7.35. The highest BCUT2D eigenvalue weighted by atomic mass is 35.5. The molecule has 0 radical (unpaired) electrons. The molecule has 1 unspecified atom stereocenters. The Balaban J connectivity index is 2.63. The summed E-state index contributed by atoms with van der Waals surface area (Å²) in [7, 11) is 0. The van der Waals surface area contributed by atoms with E-state index in [0.29, 0.717) is 32.5 Å². The van der Waals surface area contributed by atoms with E-state index in [1.54, 1.807) is 25.1 Å². The molecule has 2 rings (SSSR count). The number of rotatable bonds is 5. The molecule has 0 aromatic heterocycles. The van der Waals surface area contributed by atoms with Gasteiger partial charge in [-0.05, 0) is 25.5 Å². The van der Waals surface area contributed by atoms with Crippen molar-refractivity contribution in [2.75, 3.05) is 5.75 Å². The molecule has 124 valence electrons. The number of carbonyl (C=O) groups is 2. The van der Waals surface area contributed by atoms with Gasteiger partial charge in [0.1, 0.15) is 0 Å². The van der Waals surface area contributed by atoms with Gasteiger partial charge >= 0.3 is 0 Å². The predicted molar refractivity (Wildman–Crippen MR) is 95.0 cm³/mol. The van der Waals surface area contributed by atoms with E-state index in [4.69, 9.17) is 17.3 Å². The van der Waals surface area contributed by atoms with Gasteiger partial charge in [0, 0.05) is 16.3 Å². The van der Waals surface area contributed by atoms with Crippen molar-refractivity contribution in [2.24, 2.45) is 5.73 Å². The Morgan fingerprint density at radius 2 is 2.08 bits per heavy atom. The first-order valence-corrected chi connectivity index (χ1v) is 8.51. The van der Waals surface area contributed by atoms with Gasteiger partial charge in [-0.15, -0.1) is 0 Å². The van der Waals surface area contributed by atoms with Crippen LogP contribution in [0.2, 0.25) is 5.02 Å². The zero-order chi connectivity index (χ0) is 17.9. The highest BCUT2D eigenvalue weighted by molar-refractivity contribution is 8.03. The van der Waals surface area contributed by atoms with Crippen molar-refractivity contribution in [1.29, 1.82) is 5.26 Å². The summed E-state index contributed by atoms with van der Waals surface area (Å²) in [6.45, 7) is 3.22. The minimum atomic E-state index is -0.571. The molecule has 24 heavy (non-hydrogen) atoms. The third-order valence-electron chi connectivity index (χ3n) is 3.60. The molecule has 1 atom stereocenters. The summed E-state index contributed by atoms with van der Waals surface area (Å²) in [5, 5.41) is 13.7. The van der Waals surface area contributed by atoms with E-state index in [1.165, 1.54) is 6.92 Å². The molecule has 1 aromatic carbocycles. The normalized spacial score (nSPS) is 17.3. The van der Waals surface area contributed by atoms with E-state index in [0.717, 1.165) is 11.8 Å². The highest BCUT2D eigenvalue weighted by Crippen LogP contribution is 2.42. The van der Waals surface area contributed by atoms with Crippen molar-refractivity contribution in [2.45, 2.75) is 19.8 Å². The lowest BCUT2D eigenvalue weighted by atomic mass is 9.81. The van der Waals surface area contributed by atoms with Crippen molar-refractivity contribution in [3.8, 4) is 6.07 Å². The monoisotopic (exact) mass is 361 g/mol. The van der Waals surface area contributed by atoms with Gasteiger partial charge in [-0.2, -0.15) is 5.26 Å². The van der Waals surface area contributed by atoms with Crippen LogP contribution in [0.15, 0.2) is 46.1 Å². The van der Waals surface area contributed by atoms with Gasteiger partial charge in [0.05, 0.1) is 28.3 Å². The number of thioether (sulfide) groups is 1. The number of dihydropyridines is 1. The zero-order valence-electron chi connectivity index (χ0n) is 13.2. The van der Waals surface area contributed by atoms with E-state index in [1.807, 2.05) is 6.07 Å². The molecule has 1 amide bonds. The molecule has 5 nitrogen and oxygen atoms in total. The van der Waals surface area contributed by atoms with E-state index >= 15 is 0 Å². The highest BCUT2D eigenvalue weighted by Gasteiger charge is 2.34. The SMILES string of the molecule is CC(=O)C1=C(C)NC(SCC(N)=O)=C(C#N)C1c1ccccc1Cl. The molecule has 0 spiro atoms. The summed E-state index contributed by atoms with van der Waals surface area (Å²) in [4.78, 5) is 23.3. The van der Waals surface area contributed by atoms with Crippen LogP contribution in [-0.2, 0) is 9.59 Å². The first-order chi connectivity index (χ1) is 11.4. The third-order valence-corrected chi connectivity index (χ3v) is 4.99. The Labute approximate surface area is 149 Å². The second kappa shape index (κ2) is 7.56. The van der Waals surface area contributed by atoms with Crippen molar-refractivity contribution in [1.82, 2.24) is 5.32 Å². The summed E-state index contributed by atoms with van der Waals surface area (Å²) < 4.78 is 0. The van der Waals surface area contributed by atoms with Crippen LogP contribution in [-0.4, -0.2) is 17.4 Å². The van der Waals surface area contributed by atoms with Crippen LogP contribution in [0.5, 0.6) is 0 Å². The molecule has 7 heteroatoms. The second-order valence-corrected chi connectivity index (χ2v) is 6.68. The van der Waals surface area contributed by atoms with Crippen LogP contribution in [0.3, 0.4) is 0 Å². The fraction of sp³-hybridized carbons (Fsp3) is 0.235. The molecular weight excluding hydrogens is 346 g/mol. The first kappa shape index (κ1) is 18.1. The van der Waals surface area contributed by atoms with Gasteiger partial charge in [0.15, 0.2) is 5.78 Å². The van der Waals surface area contributed by atoms with E-state index in [-0.39, 0.29) is 11.5 Å². The van der Waals surface area contributed by atoms with Crippen molar-refractivity contribution >= 4 is 35.1 Å². The number of hydrogen-bond acceptors (Lipinski definition) is 5. The summed E-state index contributed by atoms with van der Waals surface area (Å²) >= 11 is 7.45. The number of allylic oxidation sites excluding steroid dienone is 3. The number of hydrogen-bond donors (Lipinski definition) is 2. The number of carbonyl (C=O) groups excluding carboxylic acids is 2.